The summed E-state index contributed by atoms with van der Waals surface area (Å²) >= 11 is 1.38. The van der Waals surface area contributed by atoms with Crippen LogP contribution in [0.4, 0.5) is 5.13 Å². The molecule has 4 atom stereocenters. The van der Waals surface area contributed by atoms with Crippen LogP contribution in [0.5, 0.6) is 5.75 Å². The van der Waals surface area contributed by atoms with E-state index >= 15 is 0 Å². The van der Waals surface area contributed by atoms with Gasteiger partial charge in [0.2, 0.25) is 5.91 Å². The predicted molar refractivity (Wildman–Crippen MR) is 87.3 cm³/mol. The Morgan fingerprint density at radius 3 is 3.12 bits per heavy atom. The average molecular weight is 357 g/mol. The summed E-state index contributed by atoms with van der Waals surface area (Å²) in [7, 11) is 1.58. The standard InChI is InChI=1S/C17H14N2O5S/c1-23-8-2-3-11-9(6-8)18-16(25-11)19-7-17-5-4-10(24-17)12(15(21)22)13(17)14(19)20/h2-6,10,12-13H,7H2,1H3,(H,21,22)/p-1/t10-,12+,13-,17+/m1/s1. The smallest absolute Gasteiger partial charge is 0.236 e. The van der Waals surface area contributed by atoms with E-state index in [9.17, 15) is 14.7 Å². The van der Waals surface area contributed by atoms with E-state index in [4.69, 9.17) is 9.47 Å². The number of ether oxygens (including phenoxy) is 2. The monoisotopic (exact) mass is 357 g/mol. The first-order valence-corrected chi connectivity index (χ1v) is 8.68. The maximum Gasteiger partial charge on any atom is 0.236 e. The highest BCUT2D eigenvalue weighted by molar-refractivity contribution is 7.22. The van der Waals surface area contributed by atoms with E-state index in [1.807, 2.05) is 18.2 Å². The summed E-state index contributed by atoms with van der Waals surface area (Å²) < 4.78 is 12.0. The SMILES string of the molecule is COc1ccc2sc(N3C[C@]45C=C[C@@H](O4)[C@H](C(=O)[O-])[C@@H]5C3=O)nc2c1. The zero-order valence-corrected chi connectivity index (χ0v) is 14.0. The molecule has 3 aliphatic heterocycles. The lowest BCUT2D eigenvalue weighted by molar-refractivity contribution is -0.313. The van der Waals surface area contributed by atoms with Crippen molar-refractivity contribution in [2.24, 2.45) is 11.8 Å². The number of carboxylic acid groups (broad SMARTS) is 1. The van der Waals surface area contributed by atoms with Gasteiger partial charge in [-0.1, -0.05) is 23.5 Å². The van der Waals surface area contributed by atoms with Crippen molar-refractivity contribution in [1.82, 2.24) is 4.98 Å². The quantitative estimate of drug-likeness (QED) is 0.736. The maximum absolute atomic E-state index is 12.9. The van der Waals surface area contributed by atoms with Crippen molar-refractivity contribution >= 4 is 38.6 Å². The summed E-state index contributed by atoms with van der Waals surface area (Å²) in [4.78, 5) is 30.5. The lowest BCUT2D eigenvalue weighted by Crippen LogP contribution is -2.45. The number of nitrogens with zero attached hydrogens (tertiary/aromatic N) is 2. The van der Waals surface area contributed by atoms with Crippen LogP contribution in [-0.2, 0) is 14.3 Å². The number of amides is 1. The van der Waals surface area contributed by atoms with Gasteiger partial charge >= 0.3 is 0 Å². The highest BCUT2D eigenvalue weighted by Crippen LogP contribution is 2.52. The number of methoxy groups -OCH3 is 1. The first-order valence-electron chi connectivity index (χ1n) is 7.86. The molecule has 0 aliphatic carbocycles. The minimum atomic E-state index is -1.24. The molecule has 5 rings (SSSR count). The summed E-state index contributed by atoms with van der Waals surface area (Å²) in [5, 5.41) is 12.0. The number of hydrogen-bond acceptors (Lipinski definition) is 7. The van der Waals surface area contributed by atoms with E-state index < -0.39 is 29.5 Å². The fraction of sp³-hybridized carbons (Fsp3) is 0.353. The highest BCUT2D eigenvalue weighted by Gasteiger charge is 2.65. The molecule has 2 fully saturated rings. The van der Waals surface area contributed by atoms with Crippen molar-refractivity contribution in [2.75, 3.05) is 18.6 Å². The largest absolute Gasteiger partial charge is 0.550 e. The van der Waals surface area contributed by atoms with Crippen LogP contribution in [0.15, 0.2) is 30.4 Å². The van der Waals surface area contributed by atoms with Crippen molar-refractivity contribution in [3.8, 4) is 5.75 Å². The molecule has 1 amide bonds. The van der Waals surface area contributed by atoms with Gasteiger partial charge in [0, 0.05) is 18.0 Å². The molecule has 0 radical (unpaired) electrons. The summed E-state index contributed by atoms with van der Waals surface area (Å²) in [5.74, 6) is -2.53. The van der Waals surface area contributed by atoms with Gasteiger partial charge in [-0.15, -0.1) is 0 Å². The lowest BCUT2D eigenvalue weighted by Gasteiger charge is -2.24. The normalized spacial score (nSPS) is 32.6. The van der Waals surface area contributed by atoms with Gasteiger partial charge in [0.15, 0.2) is 5.13 Å². The van der Waals surface area contributed by atoms with E-state index in [1.54, 1.807) is 19.3 Å². The Bertz CT molecular complexity index is 954. The number of benzene rings is 1. The van der Waals surface area contributed by atoms with Crippen LogP contribution in [-0.4, -0.2) is 42.2 Å². The fourth-order valence-corrected chi connectivity index (χ4v) is 5.02. The van der Waals surface area contributed by atoms with Crippen LogP contribution < -0.4 is 14.7 Å². The summed E-state index contributed by atoms with van der Waals surface area (Å²) in [6.45, 7) is 0.268. The average Bonchev–Trinajstić information content (AvgIpc) is 3.32. The van der Waals surface area contributed by atoms with E-state index in [1.165, 1.54) is 16.2 Å². The molecule has 1 aromatic carbocycles. The predicted octanol–water partition coefficient (Wildman–Crippen LogP) is 0.341. The third kappa shape index (κ3) is 1.86. The van der Waals surface area contributed by atoms with Gasteiger partial charge in [0.1, 0.15) is 11.4 Å². The molecule has 3 aliphatic rings. The van der Waals surface area contributed by atoms with Gasteiger partial charge in [-0.3, -0.25) is 9.69 Å². The minimum absolute atomic E-state index is 0.268. The van der Waals surface area contributed by atoms with Crippen LogP contribution in [0.1, 0.15) is 0 Å². The van der Waals surface area contributed by atoms with Crippen molar-refractivity contribution < 1.29 is 24.2 Å². The molecule has 2 aromatic rings. The first-order chi connectivity index (χ1) is 12.0. The van der Waals surface area contributed by atoms with Crippen LogP contribution in [0, 0.1) is 11.8 Å². The number of hydrogen-bond donors (Lipinski definition) is 0. The second kappa shape index (κ2) is 4.80. The molecule has 2 bridgehead atoms. The second-order valence-electron chi connectivity index (χ2n) is 6.47. The van der Waals surface area contributed by atoms with Crippen molar-refractivity contribution in [2.45, 2.75) is 11.7 Å². The van der Waals surface area contributed by atoms with Gasteiger partial charge in [-0.2, -0.15) is 0 Å². The number of carbonyl (C=O) groups is 2. The lowest BCUT2D eigenvalue weighted by atomic mass is 9.77. The molecular formula is C17H13N2O5S-. The Labute approximate surface area is 146 Å². The molecule has 8 heteroatoms. The van der Waals surface area contributed by atoms with Crippen molar-refractivity contribution in [3.05, 3.63) is 30.4 Å². The van der Waals surface area contributed by atoms with Gasteiger partial charge in [-0.25, -0.2) is 4.98 Å². The maximum atomic E-state index is 12.9. The molecule has 4 heterocycles. The Morgan fingerprint density at radius 2 is 2.36 bits per heavy atom. The number of aliphatic carboxylic acids is 1. The van der Waals surface area contributed by atoms with Crippen LogP contribution in [0.2, 0.25) is 0 Å². The van der Waals surface area contributed by atoms with Crippen LogP contribution in [0.25, 0.3) is 10.2 Å². The molecule has 0 saturated carbocycles. The fourth-order valence-electron chi connectivity index (χ4n) is 4.07. The molecule has 7 nitrogen and oxygen atoms in total. The number of thiazole rings is 1. The highest BCUT2D eigenvalue weighted by atomic mass is 32.1. The summed E-state index contributed by atoms with van der Waals surface area (Å²) in [5.41, 5.74) is -0.152. The van der Waals surface area contributed by atoms with E-state index in [-0.39, 0.29) is 12.5 Å². The number of carbonyl (C=O) groups excluding carboxylic acids is 2. The molecule has 1 aromatic heterocycles. The molecule has 0 unspecified atom stereocenters. The van der Waals surface area contributed by atoms with Crippen molar-refractivity contribution in [3.63, 3.8) is 0 Å². The molecule has 25 heavy (non-hydrogen) atoms. The van der Waals surface area contributed by atoms with Crippen molar-refractivity contribution in [1.29, 1.82) is 0 Å². The van der Waals surface area contributed by atoms with Gasteiger partial charge in [-0.05, 0) is 12.1 Å². The Hall–Kier alpha value is -2.45. The van der Waals surface area contributed by atoms with Gasteiger partial charge in [0.05, 0.1) is 35.9 Å². The third-order valence-corrected chi connectivity index (χ3v) is 6.25. The molecule has 2 saturated heterocycles. The minimum Gasteiger partial charge on any atom is -0.550 e. The molecule has 0 N–H and O–H groups in total. The first kappa shape index (κ1) is 14.9. The van der Waals surface area contributed by atoms with Gasteiger partial charge < -0.3 is 19.4 Å². The Kier molecular flexibility index (Phi) is 2.85. The van der Waals surface area contributed by atoms with Crippen LogP contribution >= 0.6 is 11.3 Å². The van der Waals surface area contributed by atoms with E-state index in [0.717, 1.165) is 10.2 Å². The number of carboxylic acids is 1. The molecule has 1 spiro atoms. The Morgan fingerprint density at radius 1 is 1.52 bits per heavy atom. The Balaban J connectivity index is 1.55. The molecule has 128 valence electrons. The number of rotatable bonds is 3. The summed E-state index contributed by atoms with van der Waals surface area (Å²) in [6.07, 6.45) is 2.95. The number of anilines is 1. The second-order valence-corrected chi connectivity index (χ2v) is 7.48. The van der Waals surface area contributed by atoms with E-state index in [2.05, 4.69) is 4.98 Å². The van der Waals surface area contributed by atoms with Gasteiger partial charge in [0.25, 0.3) is 0 Å². The van der Waals surface area contributed by atoms with Crippen LogP contribution in [0.3, 0.4) is 0 Å². The number of aromatic nitrogens is 1. The third-order valence-electron chi connectivity index (χ3n) is 5.19. The zero-order chi connectivity index (χ0) is 17.3. The zero-order valence-electron chi connectivity index (χ0n) is 13.2. The number of fused-ring (bicyclic) bond motifs is 2. The topological polar surface area (TPSA) is 91.8 Å². The summed E-state index contributed by atoms with van der Waals surface area (Å²) in [6, 6.07) is 5.53. The van der Waals surface area contributed by atoms with E-state index in [0.29, 0.717) is 10.9 Å². The molecular weight excluding hydrogens is 344 g/mol.